The van der Waals surface area contributed by atoms with Crippen LogP contribution in [0.3, 0.4) is 0 Å². The zero-order chi connectivity index (χ0) is 13.8. The zero-order valence-corrected chi connectivity index (χ0v) is 13.2. The first-order valence-electron chi connectivity index (χ1n) is 6.04. The van der Waals surface area contributed by atoms with Crippen molar-refractivity contribution in [2.45, 2.75) is 26.2 Å². The quantitative estimate of drug-likeness (QED) is 0.907. The van der Waals surface area contributed by atoms with Gasteiger partial charge < -0.3 is 5.32 Å². The highest BCUT2D eigenvalue weighted by atomic mass is 79.9. The molecule has 0 aliphatic heterocycles. The molecule has 1 aromatic carbocycles. The van der Waals surface area contributed by atoms with Crippen LogP contribution in [-0.2, 0) is 11.2 Å². The van der Waals surface area contributed by atoms with Crippen LogP contribution in [0, 0.1) is 0 Å². The van der Waals surface area contributed by atoms with Gasteiger partial charge >= 0.3 is 0 Å². The summed E-state index contributed by atoms with van der Waals surface area (Å²) in [6, 6.07) is 7.74. The third kappa shape index (κ3) is 4.14. The summed E-state index contributed by atoms with van der Waals surface area (Å²) >= 11 is 4.90. The van der Waals surface area contributed by atoms with E-state index in [1.165, 1.54) is 16.2 Å². The Balaban J connectivity index is 1.95. The lowest BCUT2D eigenvalue weighted by atomic mass is 10.1. The van der Waals surface area contributed by atoms with Crippen LogP contribution in [0.4, 0.5) is 5.13 Å². The molecule has 100 valence electrons. The first-order valence-corrected chi connectivity index (χ1v) is 7.65. The number of anilines is 1. The fraction of sp³-hybridized carbons (Fsp3) is 0.286. The van der Waals surface area contributed by atoms with Gasteiger partial charge in [0, 0.05) is 15.5 Å². The average molecular weight is 339 g/mol. The van der Waals surface area contributed by atoms with E-state index in [0.717, 1.165) is 10.0 Å². The molecule has 1 amide bonds. The average Bonchev–Trinajstić information content (AvgIpc) is 2.80. The number of amides is 1. The molecular formula is C14H15BrN2OS. The summed E-state index contributed by atoms with van der Waals surface area (Å²) in [6.07, 6.45) is 2.19. The monoisotopic (exact) mass is 338 g/mol. The number of rotatable bonds is 4. The summed E-state index contributed by atoms with van der Waals surface area (Å²) in [5.74, 6) is 0.404. The lowest BCUT2D eigenvalue weighted by Gasteiger charge is -2.02. The summed E-state index contributed by atoms with van der Waals surface area (Å²) in [4.78, 5) is 17.3. The Morgan fingerprint density at radius 2 is 2.05 bits per heavy atom. The molecule has 0 aliphatic rings. The van der Waals surface area contributed by atoms with Crippen molar-refractivity contribution in [3.05, 3.63) is 45.4 Å². The van der Waals surface area contributed by atoms with Gasteiger partial charge in [-0.1, -0.05) is 41.9 Å². The molecule has 0 spiro atoms. The fourth-order valence-electron chi connectivity index (χ4n) is 1.56. The molecule has 3 nitrogen and oxygen atoms in total. The van der Waals surface area contributed by atoms with Crippen LogP contribution < -0.4 is 5.32 Å². The molecule has 0 radical (unpaired) electrons. The third-order valence-electron chi connectivity index (χ3n) is 2.62. The number of thiazole rings is 1. The number of halogens is 1. The van der Waals surface area contributed by atoms with Crippen LogP contribution in [-0.4, -0.2) is 10.9 Å². The second-order valence-corrected chi connectivity index (χ2v) is 6.55. The molecule has 2 rings (SSSR count). The molecule has 2 aromatic rings. The minimum Gasteiger partial charge on any atom is -0.302 e. The topological polar surface area (TPSA) is 42.0 Å². The number of carbonyl (C=O) groups is 1. The molecule has 5 heteroatoms. The molecular weight excluding hydrogens is 324 g/mol. The Kier molecular flexibility index (Phi) is 4.71. The second kappa shape index (κ2) is 6.30. The Morgan fingerprint density at radius 3 is 2.63 bits per heavy atom. The van der Waals surface area contributed by atoms with Crippen LogP contribution in [0.1, 0.15) is 30.2 Å². The summed E-state index contributed by atoms with van der Waals surface area (Å²) in [6.45, 7) is 4.22. The van der Waals surface area contributed by atoms with Gasteiger partial charge in [-0.3, -0.25) is 4.79 Å². The summed E-state index contributed by atoms with van der Waals surface area (Å²) < 4.78 is 1.01. The molecule has 0 bridgehead atoms. The van der Waals surface area contributed by atoms with E-state index >= 15 is 0 Å². The molecule has 0 saturated carbocycles. The van der Waals surface area contributed by atoms with Crippen LogP contribution >= 0.6 is 27.3 Å². The normalized spacial score (nSPS) is 10.7. The molecule has 1 N–H and O–H groups in total. The van der Waals surface area contributed by atoms with Crippen molar-refractivity contribution in [3.63, 3.8) is 0 Å². The van der Waals surface area contributed by atoms with E-state index in [1.54, 1.807) is 0 Å². The molecule has 1 aromatic heterocycles. The van der Waals surface area contributed by atoms with Crippen LogP contribution in [0.5, 0.6) is 0 Å². The minimum absolute atomic E-state index is 0.0352. The summed E-state index contributed by atoms with van der Waals surface area (Å²) in [5, 5.41) is 3.51. The predicted octanol–water partition coefficient (Wildman–Crippen LogP) is 4.21. The fourth-order valence-corrected chi connectivity index (χ4v) is 2.66. The van der Waals surface area contributed by atoms with Crippen molar-refractivity contribution in [3.8, 4) is 0 Å². The number of carbonyl (C=O) groups excluding carboxylic acids is 1. The maximum atomic E-state index is 11.9. The molecule has 0 atom stereocenters. The minimum atomic E-state index is -0.0352. The Bertz CT molecular complexity index is 563. The highest BCUT2D eigenvalue weighted by Crippen LogP contribution is 2.25. The van der Waals surface area contributed by atoms with Crippen LogP contribution in [0.2, 0.25) is 0 Å². The first-order chi connectivity index (χ1) is 9.04. The van der Waals surface area contributed by atoms with Gasteiger partial charge in [-0.05, 0) is 23.6 Å². The van der Waals surface area contributed by atoms with E-state index in [-0.39, 0.29) is 5.91 Å². The number of aromatic nitrogens is 1. The van der Waals surface area contributed by atoms with Gasteiger partial charge in [0.15, 0.2) is 5.13 Å². The van der Waals surface area contributed by atoms with Gasteiger partial charge in [0.2, 0.25) is 5.91 Å². The Hall–Kier alpha value is -1.20. The molecule has 0 unspecified atom stereocenters. The van der Waals surface area contributed by atoms with Gasteiger partial charge in [0.1, 0.15) is 0 Å². The van der Waals surface area contributed by atoms with Crippen molar-refractivity contribution in [2.24, 2.45) is 0 Å². The van der Waals surface area contributed by atoms with Gasteiger partial charge in [-0.25, -0.2) is 4.98 Å². The molecule has 0 saturated heterocycles. The predicted molar refractivity (Wildman–Crippen MR) is 82.7 cm³/mol. The van der Waals surface area contributed by atoms with Gasteiger partial charge in [-0.15, -0.1) is 11.3 Å². The Labute approximate surface area is 125 Å². The molecule has 0 aliphatic carbocycles. The van der Waals surface area contributed by atoms with E-state index < -0.39 is 0 Å². The summed E-state index contributed by atoms with van der Waals surface area (Å²) in [5.41, 5.74) is 0.987. The van der Waals surface area contributed by atoms with E-state index in [0.29, 0.717) is 17.5 Å². The number of nitrogens with zero attached hydrogens (tertiary/aromatic N) is 1. The molecule has 0 fully saturated rings. The third-order valence-corrected chi connectivity index (χ3v) is 4.36. The zero-order valence-electron chi connectivity index (χ0n) is 10.8. The van der Waals surface area contributed by atoms with E-state index in [4.69, 9.17) is 0 Å². The SMILES string of the molecule is CC(C)c1cnc(NC(=O)Cc2ccc(Br)cc2)s1. The first kappa shape index (κ1) is 14.2. The Morgan fingerprint density at radius 1 is 1.37 bits per heavy atom. The second-order valence-electron chi connectivity index (χ2n) is 4.57. The standard InChI is InChI=1S/C14H15BrN2OS/c1-9(2)12-8-16-14(19-12)17-13(18)7-10-3-5-11(15)6-4-10/h3-6,8-9H,7H2,1-2H3,(H,16,17,18). The number of benzene rings is 1. The number of hydrogen-bond acceptors (Lipinski definition) is 3. The van der Waals surface area contributed by atoms with E-state index in [9.17, 15) is 4.79 Å². The van der Waals surface area contributed by atoms with E-state index in [2.05, 4.69) is 40.1 Å². The largest absolute Gasteiger partial charge is 0.302 e. The van der Waals surface area contributed by atoms with Crippen LogP contribution in [0.15, 0.2) is 34.9 Å². The maximum Gasteiger partial charge on any atom is 0.230 e. The van der Waals surface area contributed by atoms with Crippen molar-refractivity contribution in [2.75, 3.05) is 5.32 Å². The smallest absolute Gasteiger partial charge is 0.230 e. The highest BCUT2D eigenvalue weighted by molar-refractivity contribution is 9.10. The van der Waals surface area contributed by atoms with Crippen molar-refractivity contribution in [1.82, 2.24) is 4.98 Å². The number of nitrogens with one attached hydrogen (secondary N) is 1. The number of hydrogen-bond donors (Lipinski definition) is 1. The van der Waals surface area contributed by atoms with Gasteiger partial charge in [-0.2, -0.15) is 0 Å². The van der Waals surface area contributed by atoms with E-state index in [1.807, 2.05) is 30.5 Å². The van der Waals surface area contributed by atoms with Gasteiger partial charge in [0.25, 0.3) is 0 Å². The molecule has 1 heterocycles. The summed E-state index contributed by atoms with van der Waals surface area (Å²) in [7, 11) is 0. The van der Waals surface area contributed by atoms with Crippen LogP contribution in [0.25, 0.3) is 0 Å². The van der Waals surface area contributed by atoms with Gasteiger partial charge in [0.05, 0.1) is 6.42 Å². The van der Waals surface area contributed by atoms with Crippen molar-refractivity contribution >= 4 is 38.3 Å². The maximum absolute atomic E-state index is 11.9. The van der Waals surface area contributed by atoms with Crippen molar-refractivity contribution in [1.29, 1.82) is 0 Å². The lowest BCUT2D eigenvalue weighted by Crippen LogP contribution is -2.14. The molecule has 19 heavy (non-hydrogen) atoms. The van der Waals surface area contributed by atoms with Crippen molar-refractivity contribution < 1.29 is 4.79 Å². The lowest BCUT2D eigenvalue weighted by molar-refractivity contribution is -0.115. The highest BCUT2D eigenvalue weighted by Gasteiger charge is 2.09.